The van der Waals surface area contributed by atoms with Crippen molar-refractivity contribution in [3.8, 4) is 6.07 Å². The van der Waals surface area contributed by atoms with Gasteiger partial charge in [-0.1, -0.05) is 6.07 Å². The van der Waals surface area contributed by atoms with E-state index in [0.717, 1.165) is 6.07 Å². The highest BCUT2D eigenvalue weighted by Crippen LogP contribution is 2.25. The Labute approximate surface area is 136 Å². The van der Waals surface area contributed by atoms with Crippen LogP contribution in [0.2, 0.25) is 0 Å². The maximum absolute atomic E-state index is 13.7. The van der Waals surface area contributed by atoms with Crippen molar-refractivity contribution in [3.05, 3.63) is 65.0 Å². The summed E-state index contributed by atoms with van der Waals surface area (Å²) in [6, 6.07) is 11.8. The van der Waals surface area contributed by atoms with E-state index >= 15 is 0 Å². The number of carbonyl (C=O) groups is 3. The summed E-state index contributed by atoms with van der Waals surface area (Å²) < 4.78 is 13.7. The van der Waals surface area contributed by atoms with Gasteiger partial charge < -0.3 is 5.32 Å². The SMILES string of the molecule is N#Cc1ccc(NC(=O)CN2C(=O)c3cccc(F)c3C2=O)cc1. The Morgan fingerprint density at radius 1 is 1.12 bits per heavy atom. The summed E-state index contributed by atoms with van der Waals surface area (Å²) >= 11 is 0. The number of nitriles is 1. The summed E-state index contributed by atoms with van der Waals surface area (Å²) in [5.74, 6) is -2.93. The lowest BCUT2D eigenvalue weighted by Crippen LogP contribution is -2.37. The first-order chi connectivity index (χ1) is 11.5. The Morgan fingerprint density at radius 3 is 2.46 bits per heavy atom. The fourth-order valence-electron chi connectivity index (χ4n) is 2.41. The molecule has 0 spiro atoms. The minimum atomic E-state index is -0.830. The first-order valence-electron chi connectivity index (χ1n) is 6.96. The molecule has 1 aliphatic rings. The summed E-state index contributed by atoms with van der Waals surface area (Å²) in [6.45, 7) is -0.522. The number of hydrogen-bond acceptors (Lipinski definition) is 4. The molecule has 1 heterocycles. The Balaban J connectivity index is 1.73. The highest BCUT2D eigenvalue weighted by molar-refractivity contribution is 6.22. The minimum absolute atomic E-state index is 0.0498. The Morgan fingerprint density at radius 2 is 1.83 bits per heavy atom. The number of fused-ring (bicyclic) bond motifs is 1. The number of amides is 3. The van der Waals surface area contributed by atoms with Crippen LogP contribution >= 0.6 is 0 Å². The number of nitrogens with one attached hydrogen (secondary N) is 1. The Bertz CT molecular complexity index is 900. The zero-order valence-electron chi connectivity index (χ0n) is 12.2. The van der Waals surface area contributed by atoms with Gasteiger partial charge in [0.2, 0.25) is 5.91 Å². The average Bonchev–Trinajstić information content (AvgIpc) is 2.81. The standard InChI is InChI=1S/C17H10FN3O3/c18-13-3-1-2-12-15(13)17(24)21(16(12)23)9-14(22)20-11-6-4-10(8-19)5-7-11/h1-7H,9H2,(H,20,22). The number of rotatable bonds is 3. The van der Waals surface area contributed by atoms with E-state index in [1.165, 1.54) is 36.4 Å². The van der Waals surface area contributed by atoms with Gasteiger partial charge in [0, 0.05) is 5.69 Å². The molecule has 3 rings (SSSR count). The van der Waals surface area contributed by atoms with Gasteiger partial charge in [-0.25, -0.2) is 4.39 Å². The van der Waals surface area contributed by atoms with Crippen LogP contribution in [0.1, 0.15) is 26.3 Å². The molecule has 0 radical (unpaired) electrons. The molecular formula is C17H10FN3O3. The van der Waals surface area contributed by atoms with E-state index < -0.39 is 30.1 Å². The van der Waals surface area contributed by atoms with Crippen LogP contribution < -0.4 is 5.32 Å². The van der Waals surface area contributed by atoms with E-state index in [1.807, 2.05) is 6.07 Å². The van der Waals surface area contributed by atoms with E-state index in [2.05, 4.69) is 5.32 Å². The first-order valence-corrected chi connectivity index (χ1v) is 6.96. The second kappa shape index (κ2) is 5.93. The van der Waals surface area contributed by atoms with Crippen molar-refractivity contribution in [3.63, 3.8) is 0 Å². The molecule has 0 fully saturated rings. The molecule has 0 atom stereocenters. The summed E-state index contributed by atoms with van der Waals surface area (Å²) in [7, 11) is 0. The van der Waals surface area contributed by atoms with Gasteiger partial charge in [-0.05, 0) is 36.4 Å². The van der Waals surface area contributed by atoms with Gasteiger partial charge in [0.15, 0.2) is 0 Å². The predicted octanol–water partition coefficient (Wildman–Crippen LogP) is 1.93. The number of carbonyl (C=O) groups excluding carboxylic acids is 3. The van der Waals surface area contributed by atoms with Gasteiger partial charge in [-0.2, -0.15) is 5.26 Å². The number of anilines is 1. The largest absolute Gasteiger partial charge is 0.325 e. The molecule has 0 bridgehead atoms. The molecule has 1 aliphatic heterocycles. The van der Waals surface area contributed by atoms with Crippen LogP contribution in [0.4, 0.5) is 10.1 Å². The van der Waals surface area contributed by atoms with Crippen LogP contribution in [-0.4, -0.2) is 29.2 Å². The third kappa shape index (κ3) is 2.61. The first kappa shape index (κ1) is 15.4. The molecule has 24 heavy (non-hydrogen) atoms. The smallest absolute Gasteiger partial charge is 0.265 e. The second-order valence-electron chi connectivity index (χ2n) is 5.10. The summed E-state index contributed by atoms with van der Waals surface area (Å²) in [5, 5.41) is 11.2. The lowest BCUT2D eigenvalue weighted by atomic mass is 10.1. The second-order valence-corrected chi connectivity index (χ2v) is 5.10. The van der Waals surface area contributed by atoms with Crippen molar-refractivity contribution in [2.75, 3.05) is 11.9 Å². The summed E-state index contributed by atoms with van der Waals surface area (Å²) in [6.07, 6.45) is 0. The average molecular weight is 323 g/mol. The van der Waals surface area contributed by atoms with Crippen LogP contribution in [-0.2, 0) is 4.79 Å². The Kier molecular flexibility index (Phi) is 3.80. The van der Waals surface area contributed by atoms with E-state index in [-0.39, 0.29) is 11.1 Å². The molecule has 2 aromatic carbocycles. The molecule has 118 valence electrons. The zero-order chi connectivity index (χ0) is 17.3. The van der Waals surface area contributed by atoms with Gasteiger partial charge in [-0.3, -0.25) is 19.3 Å². The quantitative estimate of drug-likeness (QED) is 0.874. The molecular weight excluding hydrogens is 313 g/mol. The van der Waals surface area contributed by atoms with Gasteiger partial charge in [0.05, 0.1) is 22.8 Å². The normalized spacial score (nSPS) is 12.8. The van der Waals surface area contributed by atoms with E-state index in [1.54, 1.807) is 0 Å². The van der Waals surface area contributed by atoms with Crippen molar-refractivity contribution in [1.29, 1.82) is 5.26 Å². The van der Waals surface area contributed by atoms with Gasteiger partial charge in [0.25, 0.3) is 11.8 Å². The summed E-state index contributed by atoms with van der Waals surface area (Å²) in [4.78, 5) is 37.0. The minimum Gasteiger partial charge on any atom is -0.325 e. The molecule has 3 amide bonds. The molecule has 6 nitrogen and oxygen atoms in total. The highest BCUT2D eigenvalue weighted by atomic mass is 19.1. The lowest BCUT2D eigenvalue weighted by Gasteiger charge is -2.13. The molecule has 0 saturated carbocycles. The molecule has 0 unspecified atom stereocenters. The van der Waals surface area contributed by atoms with Crippen molar-refractivity contribution < 1.29 is 18.8 Å². The highest BCUT2D eigenvalue weighted by Gasteiger charge is 2.38. The Hall–Kier alpha value is -3.53. The molecule has 0 saturated heterocycles. The van der Waals surface area contributed by atoms with E-state index in [0.29, 0.717) is 16.2 Å². The third-order valence-electron chi connectivity index (χ3n) is 3.55. The van der Waals surface area contributed by atoms with Gasteiger partial charge in [-0.15, -0.1) is 0 Å². The molecule has 0 aromatic heterocycles. The van der Waals surface area contributed by atoms with Crippen LogP contribution in [0.15, 0.2) is 42.5 Å². The third-order valence-corrected chi connectivity index (χ3v) is 3.55. The van der Waals surface area contributed by atoms with Crippen LogP contribution in [0, 0.1) is 17.1 Å². The van der Waals surface area contributed by atoms with E-state index in [9.17, 15) is 18.8 Å². The molecule has 0 aliphatic carbocycles. The summed E-state index contributed by atoms with van der Waals surface area (Å²) in [5.41, 5.74) is 0.491. The fraction of sp³-hybridized carbons (Fsp3) is 0.0588. The topological polar surface area (TPSA) is 90.3 Å². The lowest BCUT2D eigenvalue weighted by molar-refractivity contribution is -0.116. The number of hydrogen-bond donors (Lipinski definition) is 1. The predicted molar refractivity (Wildman–Crippen MR) is 81.6 cm³/mol. The number of halogens is 1. The van der Waals surface area contributed by atoms with Gasteiger partial charge in [0.1, 0.15) is 12.4 Å². The van der Waals surface area contributed by atoms with Crippen molar-refractivity contribution in [1.82, 2.24) is 4.90 Å². The fourth-order valence-corrected chi connectivity index (χ4v) is 2.41. The number of nitrogens with zero attached hydrogens (tertiary/aromatic N) is 2. The number of imide groups is 1. The van der Waals surface area contributed by atoms with Crippen molar-refractivity contribution >= 4 is 23.4 Å². The van der Waals surface area contributed by atoms with Crippen LogP contribution in [0.3, 0.4) is 0 Å². The molecule has 1 N–H and O–H groups in total. The number of benzene rings is 2. The van der Waals surface area contributed by atoms with Gasteiger partial charge >= 0.3 is 0 Å². The van der Waals surface area contributed by atoms with Crippen LogP contribution in [0.25, 0.3) is 0 Å². The van der Waals surface area contributed by atoms with E-state index in [4.69, 9.17) is 5.26 Å². The van der Waals surface area contributed by atoms with Crippen molar-refractivity contribution in [2.24, 2.45) is 0 Å². The molecule has 7 heteroatoms. The zero-order valence-corrected chi connectivity index (χ0v) is 12.2. The molecule has 2 aromatic rings. The maximum atomic E-state index is 13.7. The van der Waals surface area contributed by atoms with Crippen molar-refractivity contribution in [2.45, 2.75) is 0 Å². The van der Waals surface area contributed by atoms with Crippen LogP contribution in [0.5, 0.6) is 0 Å². The monoisotopic (exact) mass is 323 g/mol. The maximum Gasteiger partial charge on any atom is 0.265 e.